The molecule has 0 spiro atoms. The van der Waals surface area contributed by atoms with E-state index >= 15 is 0 Å². The number of nitrogens with two attached hydrogens (primary N) is 1. The molecular weight excluding hydrogens is 274 g/mol. The Balaban J connectivity index is 2.05. The van der Waals surface area contributed by atoms with E-state index in [1.54, 1.807) is 0 Å². The molecule has 1 aromatic carbocycles. The van der Waals surface area contributed by atoms with Crippen LogP contribution in [-0.4, -0.2) is 15.2 Å². The zero-order chi connectivity index (χ0) is 14.6. The Morgan fingerprint density at radius 3 is 2.52 bits per heavy atom. The Kier molecular flexibility index (Phi) is 2.48. The predicted molar refractivity (Wildman–Crippen MR) is 75.7 cm³/mol. The van der Waals surface area contributed by atoms with Gasteiger partial charge in [-0.15, -0.1) is 0 Å². The molecule has 3 N–H and O–H groups in total. The van der Waals surface area contributed by atoms with E-state index < -0.39 is 11.6 Å². The second kappa shape index (κ2) is 4.25. The van der Waals surface area contributed by atoms with E-state index in [2.05, 4.69) is 15.2 Å². The summed E-state index contributed by atoms with van der Waals surface area (Å²) in [6.45, 7) is 0. The summed E-state index contributed by atoms with van der Waals surface area (Å²) in [5.74, 6) is -0.729. The molecular formula is C15H12F2N4. The van der Waals surface area contributed by atoms with Crippen LogP contribution >= 0.6 is 0 Å². The third-order valence-electron chi connectivity index (χ3n) is 3.93. The topological polar surface area (TPSA) is 67.6 Å². The second-order valence-corrected chi connectivity index (χ2v) is 5.27. The zero-order valence-electron chi connectivity index (χ0n) is 11.1. The summed E-state index contributed by atoms with van der Waals surface area (Å²) in [7, 11) is 0. The molecule has 1 aliphatic rings. The average molecular weight is 286 g/mol. The Bertz CT molecular complexity index is 849. The summed E-state index contributed by atoms with van der Waals surface area (Å²) < 4.78 is 26.9. The highest BCUT2D eigenvalue weighted by atomic mass is 19.1. The molecule has 0 bridgehead atoms. The number of rotatable bonds is 1. The minimum atomic E-state index is -0.611. The normalized spacial score (nSPS) is 13.8. The van der Waals surface area contributed by atoms with Gasteiger partial charge in [-0.2, -0.15) is 5.10 Å². The van der Waals surface area contributed by atoms with Crippen molar-refractivity contribution in [1.29, 1.82) is 0 Å². The standard InChI is InChI=1S/C15H12F2N4/c16-8-4-7(5-9(17)6-8)13-11-3-1-2-10(11)12-14(18)20-21-15(12)19-13/h4-6H,1-3H2,(H3,18,19,20,21). The number of H-pyrrole nitrogens is 1. The first-order valence-corrected chi connectivity index (χ1v) is 6.75. The molecule has 1 aliphatic carbocycles. The number of nitrogens with one attached hydrogen (secondary N) is 1. The SMILES string of the molecule is Nc1[nH]nc2nc(-c3cc(F)cc(F)c3)c3c(c12)CCC3. The summed E-state index contributed by atoms with van der Waals surface area (Å²) in [6, 6.07) is 3.45. The average Bonchev–Trinajstić information content (AvgIpc) is 3.03. The Morgan fingerprint density at radius 2 is 1.76 bits per heavy atom. The van der Waals surface area contributed by atoms with Crippen LogP contribution in [-0.2, 0) is 12.8 Å². The van der Waals surface area contributed by atoms with Gasteiger partial charge in [-0.25, -0.2) is 13.8 Å². The molecule has 4 nitrogen and oxygen atoms in total. The molecule has 2 aromatic heterocycles. The molecule has 6 heteroatoms. The highest BCUT2D eigenvalue weighted by Gasteiger charge is 2.23. The van der Waals surface area contributed by atoms with E-state index in [0.717, 1.165) is 41.8 Å². The van der Waals surface area contributed by atoms with E-state index in [0.29, 0.717) is 22.7 Å². The highest BCUT2D eigenvalue weighted by molar-refractivity contribution is 5.93. The van der Waals surface area contributed by atoms with Gasteiger partial charge in [-0.05, 0) is 42.5 Å². The third kappa shape index (κ3) is 1.79. The molecule has 106 valence electrons. The maximum atomic E-state index is 13.5. The van der Waals surface area contributed by atoms with Gasteiger partial charge in [-0.1, -0.05) is 0 Å². The number of hydrogen-bond donors (Lipinski definition) is 2. The van der Waals surface area contributed by atoms with Crippen molar-refractivity contribution in [1.82, 2.24) is 15.2 Å². The van der Waals surface area contributed by atoms with Crippen molar-refractivity contribution < 1.29 is 8.78 Å². The molecule has 0 radical (unpaired) electrons. The minimum absolute atomic E-state index is 0.439. The van der Waals surface area contributed by atoms with Crippen LogP contribution in [0, 0.1) is 11.6 Å². The van der Waals surface area contributed by atoms with E-state index in [1.165, 1.54) is 12.1 Å². The number of halogens is 2. The molecule has 0 unspecified atom stereocenters. The number of benzene rings is 1. The number of aromatic nitrogens is 3. The Hall–Kier alpha value is -2.50. The van der Waals surface area contributed by atoms with Gasteiger partial charge in [-0.3, -0.25) is 5.10 Å². The van der Waals surface area contributed by atoms with Gasteiger partial charge in [0.05, 0.1) is 11.1 Å². The van der Waals surface area contributed by atoms with Gasteiger partial charge >= 0.3 is 0 Å². The molecule has 0 saturated carbocycles. The van der Waals surface area contributed by atoms with Crippen molar-refractivity contribution >= 4 is 16.9 Å². The van der Waals surface area contributed by atoms with Crippen LogP contribution in [0.5, 0.6) is 0 Å². The Labute approximate surface area is 119 Å². The molecule has 4 rings (SSSR count). The summed E-state index contributed by atoms with van der Waals surface area (Å²) in [5, 5.41) is 7.64. The van der Waals surface area contributed by atoms with Crippen LogP contribution in [0.15, 0.2) is 18.2 Å². The van der Waals surface area contributed by atoms with Gasteiger partial charge in [0.2, 0.25) is 0 Å². The molecule has 0 saturated heterocycles. The number of aryl methyl sites for hydroxylation is 1. The molecule has 21 heavy (non-hydrogen) atoms. The number of nitrogens with zero attached hydrogens (tertiary/aromatic N) is 2. The zero-order valence-corrected chi connectivity index (χ0v) is 11.1. The summed E-state index contributed by atoms with van der Waals surface area (Å²) in [4.78, 5) is 4.46. The lowest BCUT2D eigenvalue weighted by molar-refractivity contribution is 0.584. The number of fused-ring (bicyclic) bond motifs is 3. The largest absolute Gasteiger partial charge is 0.384 e. The number of anilines is 1. The maximum Gasteiger partial charge on any atom is 0.183 e. The first kappa shape index (κ1) is 12.3. The van der Waals surface area contributed by atoms with E-state index in [4.69, 9.17) is 5.73 Å². The molecule has 0 amide bonds. The molecule has 2 heterocycles. The number of nitrogen functional groups attached to an aromatic ring is 1. The van der Waals surface area contributed by atoms with Crippen molar-refractivity contribution in [2.75, 3.05) is 5.73 Å². The monoisotopic (exact) mass is 286 g/mol. The van der Waals surface area contributed by atoms with Crippen molar-refractivity contribution in [2.45, 2.75) is 19.3 Å². The minimum Gasteiger partial charge on any atom is -0.384 e. The quantitative estimate of drug-likeness (QED) is 0.722. The van der Waals surface area contributed by atoms with Gasteiger partial charge in [0.25, 0.3) is 0 Å². The summed E-state index contributed by atoms with van der Waals surface area (Å²) >= 11 is 0. The van der Waals surface area contributed by atoms with Gasteiger partial charge in [0, 0.05) is 11.6 Å². The number of pyridine rings is 1. The van der Waals surface area contributed by atoms with Gasteiger partial charge in [0.15, 0.2) is 5.65 Å². The lowest BCUT2D eigenvalue weighted by Gasteiger charge is -2.09. The smallest absolute Gasteiger partial charge is 0.183 e. The lowest BCUT2D eigenvalue weighted by Crippen LogP contribution is -1.97. The van der Waals surface area contributed by atoms with Crippen LogP contribution < -0.4 is 5.73 Å². The number of aromatic amines is 1. The lowest BCUT2D eigenvalue weighted by atomic mass is 10.0. The molecule has 0 fully saturated rings. The van der Waals surface area contributed by atoms with E-state index in [9.17, 15) is 8.78 Å². The van der Waals surface area contributed by atoms with Crippen LogP contribution in [0.1, 0.15) is 17.5 Å². The highest BCUT2D eigenvalue weighted by Crippen LogP contribution is 2.37. The van der Waals surface area contributed by atoms with Gasteiger partial charge in [0.1, 0.15) is 17.5 Å². The molecule has 0 atom stereocenters. The molecule has 3 aromatic rings. The first-order chi connectivity index (χ1) is 10.1. The fourth-order valence-electron chi connectivity index (χ4n) is 3.11. The fourth-order valence-corrected chi connectivity index (χ4v) is 3.11. The predicted octanol–water partition coefficient (Wildman–Crippen LogP) is 2.97. The first-order valence-electron chi connectivity index (χ1n) is 6.75. The Morgan fingerprint density at radius 1 is 1.05 bits per heavy atom. The van der Waals surface area contributed by atoms with Crippen molar-refractivity contribution in [3.63, 3.8) is 0 Å². The second-order valence-electron chi connectivity index (χ2n) is 5.27. The molecule has 0 aliphatic heterocycles. The van der Waals surface area contributed by atoms with Gasteiger partial charge < -0.3 is 5.73 Å². The number of hydrogen-bond acceptors (Lipinski definition) is 3. The summed E-state index contributed by atoms with van der Waals surface area (Å²) in [5.41, 5.74) is 9.54. The van der Waals surface area contributed by atoms with Crippen molar-refractivity contribution in [3.8, 4) is 11.3 Å². The van der Waals surface area contributed by atoms with Crippen LogP contribution in [0.3, 0.4) is 0 Å². The van der Waals surface area contributed by atoms with Crippen LogP contribution in [0.4, 0.5) is 14.6 Å². The third-order valence-corrected chi connectivity index (χ3v) is 3.93. The van der Waals surface area contributed by atoms with Crippen LogP contribution in [0.2, 0.25) is 0 Å². The van der Waals surface area contributed by atoms with Crippen LogP contribution in [0.25, 0.3) is 22.3 Å². The van der Waals surface area contributed by atoms with Crippen molar-refractivity contribution in [3.05, 3.63) is 41.0 Å². The van der Waals surface area contributed by atoms with E-state index in [1.807, 2.05) is 0 Å². The maximum absolute atomic E-state index is 13.5. The summed E-state index contributed by atoms with van der Waals surface area (Å²) in [6.07, 6.45) is 2.69. The van der Waals surface area contributed by atoms with E-state index in [-0.39, 0.29) is 0 Å². The van der Waals surface area contributed by atoms with Crippen molar-refractivity contribution in [2.24, 2.45) is 0 Å². The fraction of sp³-hybridized carbons (Fsp3) is 0.200.